The molecule has 2 saturated heterocycles. The van der Waals surface area contributed by atoms with E-state index in [4.69, 9.17) is 17.2 Å². The van der Waals surface area contributed by atoms with Gasteiger partial charge in [-0.1, -0.05) is 68.4 Å². The lowest BCUT2D eigenvalue weighted by Gasteiger charge is -2.37. The summed E-state index contributed by atoms with van der Waals surface area (Å²) in [6.07, 6.45) is 7.52. The Morgan fingerprint density at radius 2 is 1.74 bits per heavy atom. The highest BCUT2D eigenvalue weighted by atomic mass is 32.2. The number of benzene rings is 1. The molecule has 5 rings (SSSR count). The zero-order valence-electron chi connectivity index (χ0n) is 21.3. The molecule has 198 valence electrons. The van der Waals surface area contributed by atoms with E-state index in [2.05, 4.69) is 6.92 Å². The van der Waals surface area contributed by atoms with E-state index in [9.17, 15) is 14.0 Å². The third kappa shape index (κ3) is 5.33. The van der Waals surface area contributed by atoms with Crippen LogP contribution >= 0.6 is 24.0 Å². The van der Waals surface area contributed by atoms with E-state index in [1.807, 2.05) is 21.9 Å². The number of carbonyl (C=O) groups is 1. The maximum atomic E-state index is 14.4. The molecular formula is C28H30FN5O2S2. The Morgan fingerprint density at radius 3 is 2.50 bits per heavy atom. The number of thiocarbonyl (C=S) groups is 1. The van der Waals surface area contributed by atoms with E-state index in [0.717, 1.165) is 25.7 Å². The number of nitrogens with zero attached hydrogens (tertiary/aromatic N) is 5. The van der Waals surface area contributed by atoms with Crippen LogP contribution in [0.15, 0.2) is 58.4 Å². The molecule has 7 nitrogen and oxygen atoms in total. The Kier molecular flexibility index (Phi) is 8.09. The van der Waals surface area contributed by atoms with Crippen molar-refractivity contribution in [1.82, 2.24) is 14.3 Å². The summed E-state index contributed by atoms with van der Waals surface area (Å²) in [5.41, 5.74) is 1.22. The van der Waals surface area contributed by atoms with Crippen molar-refractivity contribution in [3.63, 3.8) is 0 Å². The van der Waals surface area contributed by atoms with Gasteiger partial charge >= 0.3 is 0 Å². The predicted molar refractivity (Wildman–Crippen MR) is 156 cm³/mol. The molecule has 0 N–H and O–H groups in total. The fraction of sp³-hybridized carbons (Fsp3) is 0.357. The summed E-state index contributed by atoms with van der Waals surface area (Å²) >= 11 is 6.74. The van der Waals surface area contributed by atoms with Crippen molar-refractivity contribution < 1.29 is 9.18 Å². The van der Waals surface area contributed by atoms with Gasteiger partial charge in [-0.05, 0) is 36.8 Å². The van der Waals surface area contributed by atoms with Gasteiger partial charge in [-0.25, -0.2) is 9.37 Å². The number of amides is 1. The fourth-order valence-corrected chi connectivity index (χ4v) is 6.14. The minimum absolute atomic E-state index is 0.163. The summed E-state index contributed by atoms with van der Waals surface area (Å²) in [6, 6.07) is 12.2. The van der Waals surface area contributed by atoms with Crippen LogP contribution in [0.3, 0.4) is 0 Å². The Hall–Kier alpha value is -3.24. The van der Waals surface area contributed by atoms with Crippen LogP contribution in [0, 0.1) is 5.82 Å². The first kappa shape index (κ1) is 26.4. The molecule has 4 heterocycles. The Bertz CT molecular complexity index is 1450. The van der Waals surface area contributed by atoms with Crippen LogP contribution in [0.2, 0.25) is 0 Å². The van der Waals surface area contributed by atoms with Crippen LogP contribution in [0.1, 0.15) is 38.2 Å². The Balaban J connectivity index is 1.45. The van der Waals surface area contributed by atoms with Gasteiger partial charge < -0.3 is 9.80 Å². The number of halogens is 1. The van der Waals surface area contributed by atoms with Crippen LogP contribution in [-0.2, 0) is 4.79 Å². The third-order valence-corrected chi connectivity index (χ3v) is 8.28. The summed E-state index contributed by atoms with van der Waals surface area (Å²) in [5, 5.41) is 0. The van der Waals surface area contributed by atoms with Crippen LogP contribution < -0.4 is 15.4 Å². The monoisotopic (exact) mass is 551 g/mol. The average molecular weight is 552 g/mol. The van der Waals surface area contributed by atoms with Crippen molar-refractivity contribution in [2.24, 2.45) is 0 Å². The second-order valence-corrected chi connectivity index (χ2v) is 11.1. The number of thioether (sulfide) groups is 1. The van der Waals surface area contributed by atoms with E-state index >= 15 is 0 Å². The lowest BCUT2D eigenvalue weighted by Crippen LogP contribution is -2.47. The van der Waals surface area contributed by atoms with Crippen LogP contribution in [0.25, 0.3) is 11.7 Å². The van der Waals surface area contributed by atoms with Crippen molar-refractivity contribution in [1.29, 1.82) is 0 Å². The molecule has 0 saturated carbocycles. The number of aromatic nitrogens is 2. The molecule has 0 atom stereocenters. The average Bonchev–Trinajstić information content (AvgIpc) is 3.20. The number of fused-ring (bicyclic) bond motifs is 1. The number of anilines is 2. The van der Waals surface area contributed by atoms with Crippen molar-refractivity contribution in [2.45, 2.75) is 32.6 Å². The van der Waals surface area contributed by atoms with Gasteiger partial charge in [-0.2, -0.15) is 0 Å². The van der Waals surface area contributed by atoms with Gasteiger partial charge in [0.1, 0.15) is 21.6 Å². The summed E-state index contributed by atoms with van der Waals surface area (Å²) < 4.78 is 16.4. The first-order chi connectivity index (χ1) is 18.5. The molecule has 3 aromatic rings. The summed E-state index contributed by atoms with van der Waals surface area (Å²) in [6.45, 7) is 5.01. The van der Waals surface area contributed by atoms with Crippen molar-refractivity contribution >= 4 is 57.4 Å². The van der Waals surface area contributed by atoms with Gasteiger partial charge in [-0.3, -0.25) is 18.9 Å². The van der Waals surface area contributed by atoms with Crippen LogP contribution in [0.5, 0.6) is 0 Å². The molecule has 38 heavy (non-hydrogen) atoms. The SMILES string of the molecule is CCCCCCN1C(=O)/C(=C\c2c(N3CCN(c4ccccc4F)CC3)nc3ccccn3c2=O)SC1=S. The largest absolute Gasteiger partial charge is 0.366 e. The molecule has 0 aliphatic carbocycles. The number of para-hydroxylation sites is 1. The smallest absolute Gasteiger partial charge is 0.267 e. The highest BCUT2D eigenvalue weighted by Crippen LogP contribution is 2.34. The zero-order valence-corrected chi connectivity index (χ0v) is 22.9. The number of unbranched alkanes of at least 4 members (excludes halogenated alkanes) is 3. The van der Waals surface area contributed by atoms with Gasteiger partial charge in [0, 0.05) is 38.9 Å². The molecule has 0 unspecified atom stereocenters. The Morgan fingerprint density at radius 1 is 1.00 bits per heavy atom. The second kappa shape index (κ2) is 11.7. The lowest BCUT2D eigenvalue weighted by atomic mass is 10.2. The molecule has 2 aliphatic rings. The normalized spacial score (nSPS) is 17.3. The minimum atomic E-state index is -0.250. The predicted octanol–water partition coefficient (Wildman–Crippen LogP) is 4.94. The molecular weight excluding hydrogens is 521 g/mol. The summed E-state index contributed by atoms with van der Waals surface area (Å²) in [7, 11) is 0. The number of piperazine rings is 1. The molecule has 1 amide bonds. The van der Waals surface area contributed by atoms with Gasteiger partial charge in [0.25, 0.3) is 11.5 Å². The lowest BCUT2D eigenvalue weighted by molar-refractivity contribution is -0.122. The molecule has 2 aliphatic heterocycles. The molecule has 0 bridgehead atoms. The minimum Gasteiger partial charge on any atom is -0.366 e. The molecule has 2 fully saturated rings. The van der Waals surface area contributed by atoms with Crippen molar-refractivity contribution in [3.8, 4) is 0 Å². The highest BCUT2D eigenvalue weighted by Gasteiger charge is 2.33. The van der Waals surface area contributed by atoms with Crippen LogP contribution in [-0.4, -0.2) is 57.2 Å². The van der Waals surface area contributed by atoms with Crippen molar-refractivity contribution in [2.75, 3.05) is 42.5 Å². The number of rotatable bonds is 8. The van der Waals surface area contributed by atoms with E-state index in [1.165, 1.54) is 22.2 Å². The maximum Gasteiger partial charge on any atom is 0.267 e. The van der Waals surface area contributed by atoms with Crippen LogP contribution in [0.4, 0.5) is 15.9 Å². The Labute approximate surface area is 230 Å². The summed E-state index contributed by atoms with van der Waals surface area (Å²) in [4.78, 5) is 37.8. The molecule has 0 spiro atoms. The molecule has 1 aromatic carbocycles. The number of hydrogen-bond acceptors (Lipinski definition) is 7. The first-order valence-corrected chi connectivity index (χ1v) is 14.2. The molecule has 10 heteroatoms. The van der Waals surface area contributed by atoms with Gasteiger partial charge in [-0.15, -0.1) is 0 Å². The number of pyridine rings is 1. The molecule has 0 radical (unpaired) electrons. The van der Waals surface area contributed by atoms with Gasteiger partial charge in [0.2, 0.25) is 0 Å². The topological polar surface area (TPSA) is 61.2 Å². The van der Waals surface area contributed by atoms with E-state index < -0.39 is 0 Å². The quantitative estimate of drug-likeness (QED) is 0.223. The zero-order chi connectivity index (χ0) is 26.6. The van der Waals surface area contributed by atoms with E-state index in [-0.39, 0.29) is 17.3 Å². The van der Waals surface area contributed by atoms with Crippen molar-refractivity contribution in [3.05, 3.63) is 75.3 Å². The maximum absolute atomic E-state index is 14.4. The van der Waals surface area contributed by atoms with E-state index in [1.54, 1.807) is 41.4 Å². The molecule has 2 aromatic heterocycles. The van der Waals surface area contributed by atoms with E-state index in [0.29, 0.717) is 64.7 Å². The third-order valence-electron chi connectivity index (χ3n) is 6.91. The summed E-state index contributed by atoms with van der Waals surface area (Å²) in [5.74, 6) is 0.118. The van der Waals surface area contributed by atoms with Gasteiger partial charge in [0.15, 0.2) is 0 Å². The second-order valence-electron chi connectivity index (χ2n) is 9.40. The number of hydrogen-bond donors (Lipinski definition) is 0. The fourth-order valence-electron chi connectivity index (χ4n) is 4.85. The van der Waals surface area contributed by atoms with Gasteiger partial charge in [0.05, 0.1) is 16.2 Å². The highest BCUT2D eigenvalue weighted by molar-refractivity contribution is 8.26. The number of carbonyl (C=O) groups excluding carboxylic acids is 1. The first-order valence-electron chi connectivity index (χ1n) is 13.0. The standard InChI is InChI=1S/C28H30FN5O2S2/c1-2-3-4-8-14-34-27(36)23(38-28(34)37)19-20-25(30-24-12-7-9-13-33(24)26(20)35)32-17-15-31(16-18-32)22-11-6-5-10-21(22)29/h5-7,9-13,19H,2-4,8,14-18H2,1H3/b23-19+.